The Morgan fingerprint density at radius 2 is 1.67 bits per heavy atom. The lowest BCUT2D eigenvalue weighted by molar-refractivity contribution is 0.0638. The average molecular weight is 367 g/mol. The SMILES string of the molecule is COCCCN1C(=O)c2ccc(C(=O)Oc3c(C)cccc3C)cc2C1=O. The second-order valence-electron chi connectivity index (χ2n) is 6.48. The maximum absolute atomic E-state index is 12.6. The fourth-order valence-electron chi connectivity index (χ4n) is 3.10. The number of nitrogens with zero attached hydrogens (tertiary/aromatic N) is 1. The molecule has 0 radical (unpaired) electrons. The first-order valence-electron chi connectivity index (χ1n) is 8.71. The Bertz CT molecular complexity index is 899. The zero-order valence-corrected chi connectivity index (χ0v) is 15.6. The van der Waals surface area contributed by atoms with Gasteiger partial charge in [0.25, 0.3) is 11.8 Å². The van der Waals surface area contributed by atoms with Gasteiger partial charge in [0.1, 0.15) is 5.75 Å². The number of hydrogen-bond donors (Lipinski definition) is 0. The molecule has 2 aromatic rings. The van der Waals surface area contributed by atoms with Crippen LogP contribution in [0.15, 0.2) is 36.4 Å². The second-order valence-corrected chi connectivity index (χ2v) is 6.48. The second kappa shape index (κ2) is 7.72. The largest absolute Gasteiger partial charge is 0.422 e. The van der Waals surface area contributed by atoms with Gasteiger partial charge in [0.2, 0.25) is 0 Å². The van der Waals surface area contributed by atoms with E-state index in [2.05, 4.69) is 0 Å². The van der Waals surface area contributed by atoms with Crippen LogP contribution in [-0.2, 0) is 4.74 Å². The number of fused-ring (bicyclic) bond motifs is 1. The van der Waals surface area contributed by atoms with Gasteiger partial charge in [-0.2, -0.15) is 0 Å². The van der Waals surface area contributed by atoms with Gasteiger partial charge in [0.05, 0.1) is 16.7 Å². The van der Waals surface area contributed by atoms with Gasteiger partial charge in [-0.05, 0) is 49.6 Å². The van der Waals surface area contributed by atoms with Crippen LogP contribution in [0.1, 0.15) is 48.6 Å². The Labute approximate surface area is 157 Å². The fourth-order valence-corrected chi connectivity index (χ4v) is 3.10. The molecule has 2 amide bonds. The summed E-state index contributed by atoms with van der Waals surface area (Å²) in [6.07, 6.45) is 0.559. The zero-order chi connectivity index (χ0) is 19.6. The lowest BCUT2D eigenvalue weighted by Gasteiger charge is -2.12. The molecular weight excluding hydrogens is 346 g/mol. The molecule has 1 aliphatic heterocycles. The molecule has 0 spiro atoms. The van der Waals surface area contributed by atoms with Crippen LogP contribution >= 0.6 is 0 Å². The van der Waals surface area contributed by atoms with Gasteiger partial charge < -0.3 is 9.47 Å². The van der Waals surface area contributed by atoms with Crippen molar-refractivity contribution >= 4 is 17.8 Å². The number of benzene rings is 2. The van der Waals surface area contributed by atoms with Crippen LogP contribution in [-0.4, -0.2) is 42.9 Å². The van der Waals surface area contributed by atoms with Crippen LogP contribution in [0, 0.1) is 13.8 Å². The number of hydrogen-bond acceptors (Lipinski definition) is 5. The Morgan fingerprint density at radius 1 is 1.00 bits per heavy atom. The van der Waals surface area contributed by atoms with Gasteiger partial charge in [0.15, 0.2) is 0 Å². The quantitative estimate of drug-likeness (QED) is 0.339. The van der Waals surface area contributed by atoms with E-state index >= 15 is 0 Å². The molecule has 6 heteroatoms. The number of imide groups is 1. The number of aryl methyl sites for hydroxylation is 2. The Balaban J connectivity index is 1.82. The smallest absolute Gasteiger partial charge is 0.343 e. The summed E-state index contributed by atoms with van der Waals surface area (Å²) in [4.78, 5) is 38.7. The maximum Gasteiger partial charge on any atom is 0.343 e. The minimum absolute atomic E-state index is 0.230. The summed E-state index contributed by atoms with van der Waals surface area (Å²) in [6, 6.07) is 10.1. The third-order valence-corrected chi connectivity index (χ3v) is 4.54. The van der Waals surface area contributed by atoms with E-state index < -0.39 is 11.9 Å². The van der Waals surface area contributed by atoms with Crippen molar-refractivity contribution in [3.8, 4) is 5.75 Å². The topological polar surface area (TPSA) is 72.9 Å². The third-order valence-electron chi connectivity index (χ3n) is 4.54. The molecule has 0 aliphatic carbocycles. The highest BCUT2D eigenvalue weighted by Crippen LogP contribution is 2.27. The summed E-state index contributed by atoms with van der Waals surface area (Å²) >= 11 is 0. The summed E-state index contributed by atoms with van der Waals surface area (Å²) in [5, 5.41) is 0. The average Bonchev–Trinajstić information content (AvgIpc) is 2.89. The minimum Gasteiger partial charge on any atom is -0.422 e. The number of ether oxygens (including phenoxy) is 2. The lowest BCUT2D eigenvalue weighted by Crippen LogP contribution is -2.31. The number of para-hydroxylation sites is 1. The van der Waals surface area contributed by atoms with Crippen molar-refractivity contribution in [2.75, 3.05) is 20.3 Å². The summed E-state index contributed by atoms with van der Waals surface area (Å²) in [5.41, 5.74) is 2.46. The van der Waals surface area contributed by atoms with Gasteiger partial charge in [-0.25, -0.2) is 4.79 Å². The zero-order valence-electron chi connectivity index (χ0n) is 15.6. The van der Waals surface area contributed by atoms with Crippen molar-refractivity contribution in [1.82, 2.24) is 4.90 Å². The lowest BCUT2D eigenvalue weighted by atomic mass is 10.1. The molecule has 0 saturated heterocycles. The monoisotopic (exact) mass is 367 g/mol. The molecule has 0 fully saturated rings. The fraction of sp³-hybridized carbons (Fsp3) is 0.286. The summed E-state index contributed by atoms with van der Waals surface area (Å²) in [7, 11) is 1.57. The number of carbonyl (C=O) groups excluding carboxylic acids is 3. The predicted molar refractivity (Wildman–Crippen MR) is 99.2 cm³/mol. The van der Waals surface area contributed by atoms with Crippen molar-refractivity contribution in [3.05, 3.63) is 64.2 Å². The molecule has 0 atom stereocenters. The standard InChI is InChI=1S/C21H21NO5/c1-13-6-4-7-14(2)18(13)27-21(25)15-8-9-16-17(12-15)20(24)22(19(16)23)10-5-11-26-3/h4,6-9,12H,5,10-11H2,1-3H3. The van der Waals surface area contributed by atoms with E-state index in [1.165, 1.54) is 23.1 Å². The van der Waals surface area contributed by atoms with E-state index in [0.29, 0.717) is 24.3 Å². The molecule has 0 N–H and O–H groups in total. The highest BCUT2D eigenvalue weighted by atomic mass is 16.5. The Hall–Kier alpha value is -2.99. The first kappa shape index (κ1) is 18.8. The van der Waals surface area contributed by atoms with E-state index in [1.807, 2.05) is 32.0 Å². The van der Waals surface area contributed by atoms with Crippen molar-refractivity contribution in [1.29, 1.82) is 0 Å². The van der Waals surface area contributed by atoms with Crippen molar-refractivity contribution in [2.45, 2.75) is 20.3 Å². The Morgan fingerprint density at radius 3 is 2.33 bits per heavy atom. The number of methoxy groups -OCH3 is 1. The number of amides is 2. The van der Waals surface area contributed by atoms with E-state index in [-0.39, 0.29) is 23.6 Å². The molecule has 0 bridgehead atoms. The molecule has 1 heterocycles. The van der Waals surface area contributed by atoms with Crippen LogP contribution in [0.3, 0.4) is 0 Å². The molecule has 27 heavy (non-hydrogen) atoms. The highest BCUT2D eigenvalue weighted by molar-refractivity contribution is 6.22. The first-order valence-corrected chi connectivity index (χ1v) is 8.71. The van der Waals surface area contributed by atoms with Crippen LogP contribution < -0.4 is 4.74 Å². The number of esters is 1. The van der Waals surface area contributed by atoms with Gasteiger partial charge in [-0.15, -0.1) is 0 Å². The van der Waals surface area contributed by atoms with Crippen molar-refractivity contribution in [3.63, 3.8) is 0 Å². The molecule has 1 aliphatic rings. The van der Waals surface area contributed by atoms with Crippen LogP contribution in [0.4, 0.5) is 0 Å². The Kier molecular flexibility index (Phi) is 5.37. The maximum atomic E-state index is 12.6. The van der Waals surface area contributed by atoms with Crippen LogP contribution in [0.5, 0.6) is 5.75 Å². The minimum atomic E-state index is -0.562. The van der Waals surface area contributed by atoms with Gasteiger partial charge in [-0.3, -0.25) is 14.5 Å². The first-order chi connectivity index (χ1) is 12.9. The van der Waals surface area contributed by atoms with E-state index in [4.69, 9.17) is 9.47 Å². The molecule has 0 unspecified atom stereocenters. The van der Waals surface area contributed by atoms with Crippen LogP contribution in [0.25, 0.3) is 0 Å². The molecule has 2 aromatic carbocycles. The molecule has 140 valence electrons. The van der Waals surface area contributed by atoms with Gasteiger partial charge in [-0.1, -0.05) is 18.2 Å². The number of carbonyl (C=O) groups is 3. The van der Waals surface area contributed by atoms with Crippen LogP contribution in [0.2, 0.25) is 0 Å². The highest BCUT2D eigenvalue weighted by Gasteiger charge is 2.35. The molecule has 0 aromatic heterocycles. The van der Waals surface area contributed by atoms with Gasteiger partial charge >= 0.3 is 5.97 Å². The van der Waals surface area contributed by atoms with Gasteiger partial charge in [0, 0.05) is 20.3 Å². The summed E-state index contributed by atoms with van der Waals surface area (Å²) in [6.45, 7) is 4.46. The third kappa shape index (κ3) is 3.61. The summed E-state index contributed by atoms with van der Waals surface area (Å²) in [5.74, 6) is -0.798. The predicted octanol–water partition coefficient (Wildman–Crippen LogP) is 3.16. The van der Waals surface area contributed by atoms with Crippen molar-refractivity contribution < 1.29 is 23.9 Å². The molecule has 3 rings (SSSR count). The van der Waals surface area contributed by atoms with E-state index in [0.717, 1.165) is 11.1 Å². The molecule has 6 nitrogen and oxygen atoms in total. The van der Waals surface area contributed by atoms with E-state index in [1.54, 1.807) is 7.11 Å². The molecular formula is C21H21NO5. The van der Waals surface area contributed by atoms with Crippen molar-refractivity contribution in [2.24, 2.45) is 0 Å². The summed E-state index contributed by atoms with van der Waals surface area (Å²) < 4.78 is 10.5. The van der Waals surface area contributed by atoms with E-state index in [9.17, 15) is 14.4 Å². The number of rotatable bonds is 6. The molecule has 0 saturated carbocycles. The normalized spacial score (nSPS) is 13.1.